The van der Waals surface area contributed by atoms with Crippen LogP contribution in [-0.4, -0.2) is 50.6 Å². The van der Waals surface area contributed by atoms with E-state index in [1.807, 2.05) is 6.07 Å². The fraction of sp³-hybridized carbons (Fsp3) is 0.158. The number of nitrogens with one attached hydrogen (secondary N) is 1. The highest BCUT2D eigenvalue weighted by molar-refractivity contribution is 8.14. The number of carbonyl (C=O) groups is 3. The molecule has 2 aromatic heterocycles. The van der Waals surface area contributed by atoms with Gasteiger partial charge in [0.2, 0.25) is 5.91 Å². The summed E-state index contributed by atoms with van der Waals surface area (Å²) in [6.07, 6.45) is 1.53. The van der Waals surface area contributed by atoms with Crippen molar-refractivity contribution in [1.82, 2.24) is 20.0 Å². The van der Waals surface area contributed by atoms with Crippen LogP contribution in [0.2, 0.25) is 5.02 Å². The maximum absolute atomic E-state index is 12.6. The Labute approximate surface area is 174 Å². The summed E-state index contributed by atoms with van der Waals surface area (Å²) in [4.78, 5) is 36.9. The Morgan fingerprint density at radius 1 is 1.24 bits per heavy atom. The smallest absolute Gasteiger partial charge is 0.288 e. The molecule has 0 unspecified atom stereocenters. The van der Waals surface area contributed by atoms with E-state index in [1.54, 1.807) is 41.1 Å². The average Bonchev–Trinajstić information content (AvgIpc) is 3.43. The summed E-state index contributed by atoms with van der Waals surface area (Å²) in [5, 5.41) is 7.32. The van der Waals surface area contributed by atoms with Gasteiger partial charge in [-0.25, -0.2) is 4.68 Å². The van der Waals surface area contributed by atoms with Crippen LogP contribution < -0.4 is 5.32 Å². The molecular weight excluding hydrogens is 416 g/mol. The number of hydrogen-bond acceptors (Lipinski definition) is 6. The number of aromatic nitrogens is 2. The zero-order valence-electron chi connectivity index (χ0n) is 15.0. The van der Waals surface area contributed by atoms with Gasteiger partial charge in [-0.05, 0) is 30.3 Å². The topological polar surface area (TPSA) is 97.4 Å². The number of amides is 3. The lowest BCUT2D eigenvalue weighted by atomic mass is 10.2. The molecule has 0 atom stereocenters. The van der Waals surface area contributed by atoms with Crippen molar-refractivity contribution in [1.29, 1.82) is 0 Å². The SMILES string of the molecule is O=C(NCCN1C(=O)CSC1=O)c1cc(-c2ccco2)n(-c2cccc(Cl)c2)n1. The van der Waals surface area contributed by atoms with Gasteiger partial charge in [0, 0.05) is 24.2 Å². The van der Waals surface area contributed by atoms with Crippen LogP contribution in [0, 0.1) is 0 Å². The van der Waals surface area contributed by atoms with Crippen molar-refractivity contribution in [3.63, 3.8) is 0 Å². The van der Waals surface area contributed by atoms with Gasteiger partial charge in [0.15, 0.2) is 11.5 Å². The van der Waals surface area contributed by atoms with Crippen LogP contribution in [0.1, 0.15) is 10.5 Å². The minimum Gasteiger partial charge on any atom is -0.463 e. The van der Waals surface area contributed by atoms with Crippen molar-refractivity contribution >= 4 is 40.4 Å². The summed E-state index contributed by atoms with van der Waals surface area (Å²) >= 11 is 7.05. The lowest BCUT2D eigenvalue weighted by Gasteiger charge is -2.12. The van der Waals surface area contributed by atoms with Crippen molar-refractivity contribution in [2.75, 3.05) is 18.8 Å². The number of carbonyl (C=O) groups excluding carboxylic acids is 3. The molecular formula is C19H15ClN4O4S. The van der Waals surface area contributed by atoms with E-state index in [4.69, 9.17) is 16.0 Å². The van der Waals surface area contributed by atoms with Crippen molar-refractivity contribution in [3.05, 3.63) is 59.4 Å². The van der Waals surface area contributed by atoms with Crippen molar-refractivity contribution in [2.24, 2.45) is 0 Å². The van der Waals surface area contributed by atoms with Crippen LogP contribution in [0.3, 0.4) is 0 Å². The zero-order chi connectivity index (χ0) is 20.4. The van der Waals surface area contributed by atoms with Crippen LogP contribution >= 0.6 is 23.4 Å². The second-order valence-corrected chi connectivity index (χ2v) is 7.50. The predicted octanol–water partition coefficient (Wildman–Crippen LogP) is 3.21. The summed E-state index contributed by atoms with van der Waals surface area (Å²) in [6.45, 7) is 0.257. The molecule has 1 fully saturated rings. The number of hydrogen-bond donors (Lipinski definition) is 1. The Balaban J connectivity index is 1.54. The fourth-order valence-corrected chi connectivity index (χ4v) is 3.80. The van der Waals surface area contributed by atoms with Gasteiger partial charge >= 0.3 is 0 Å². The average molecular weight is 431 g/mol. The van der Waals surface area contributed by atoms with E-state index in [1.165, 1.54) is 6.26 Å². The number of benzene rings is 1. The number of nitrogens with zero attached hydrogens (tertiary/aromatic N) is 3. The van der Waals surface area contributed by atoms with E-state index in [9.17, 15) is 14.4 Å². The monoisotopic (exact) mass is 430 g/mol. The molecule has 0 bridgehead atoms. The molecule has 1 saturated heterocycles. The normalized spacial score (nSPS) is 13.9. The Kier molecular flexibility index (Phi) is 5.41. The first kappa shape index (κ1) is 19.3. The Bertz CT molecular complexity index is 1060. The first-order valence-corrected chi connectivity index (χ1v) is 10.0. The number of thioether (sulfide) groups is 1. The molecule has 3 heterocycles. The van der Waals surface area contributed by atoms with E-state index in [2.05, 4.69) is 10.4 Å². The number of furan rings is 1. The second-order valence-electron chi connectivity index (χ2n) is 6.14. The maximum atomic E-state index is 12.6. The highest BCUT2D eigenvalue weighted by Gasteiger charge is 2.29. The van der Waals surface area contributed by atoms with Crippen LogP contribution in [0.15, 0.2) is 53.1 Å². The molecule has 3 amide bonds. The molecule has 0 radical (unpaired) electrons. The van der Waals surface area contributed by atoms with Gasteiger partial charge in [0.25, 0.3) is 11.1 Å². The first-order chi connectivity index (χ1) is 14.0. The Morgan fingerprint density at radius 2 is 2.10 bits per heavy atom. The van der Waals surface area contributed by atoms with Gasteiger partial charge in [0.1, 0.15) is 5.69 Å². The molecule has 1 aromatic carbocycles. The highest BCUT2D eigenvalue weighted by Crippen LogP contribution is 2.26. The van der Waals surface area contributed by atoms with Gasteiger partial charge in [-0.15, -0.1) is 0 Å². The van der Waals surface area contributed by atoms with Gasteiger partial charge in [-0.1, -0.05) is 29.4 Å². The van der Waals surface area contributed by atoms with E-state index >= 15 is 0 Å². The van der Waals surface area contributed by atoms with E-state index in [-0.39, 0.29) is 35.7 Å². The molecule has 0 spiro atoms. The second kappa shape index (κ2) is 8.14. The lowest BCUT2D eigenvalue weighted by molar-refractivity contribution is -0.124. The van der Waals surface area contributed by atoms with Gasteiger partial charge in [-0.2, -0.15) is 5.10 Å². The summed E-state index contributed by atoms with van der Waals surface area (Å²) in [5.74, 6) is 0.00953. The fourth-order valence-electron chi connectivity index (χ4n) is 2.87. The van der Waals surface area contributed by atoms with Crippen molar-refractivity contribution in [2.45, 2.75) is 0 Å². The van der Waals surface area contributed by atoms with E-state index in [0.29, 0.717) is 22.2 Å². The molecule has 1 N–H and O–H groups in total. The predicted molar refractivity (Wildman–Crippen MR) is 108 cm³/mol. The Hall–Kier alpha value is -3.04. The third-order valence-corrected chi connectivity index (χ3v) is 5.32. The minimum atomic E-state index is -0.426. The number of imide groups is 1. The summed E-state index contributed by atoms with van der Waals surface area (Å²) in [6, 6.07) is 12.2. The van der Waals surface area contributed by atoms with Crippen LogP contribution in [0.25, 0.3) is 17.1 Å². The van der Waals surface area contributed by atoms with Crippen molar-refractivity contribution < 1.29 is 18.8 Å². The molecule has 0 saturated carbocycles. The number of halogens is 1. The molecule has 0 aliphatic carbocycles. The van der Waals surface area contributed by atoms with Gasteiger partial charge in [-0.3, -0.25) is 19.3 Å². The van der Waals surface area contributed by atoms with Gasteiger partial charge in [0.05, 0.1) is 17.7 Å². The van der Waals surface area contributed by atoms with Gasteiger partial charge < -0.3 is 9.73 Å². The third kappa shape index (κ3) is 4.06. The molecule has 3 aromatic rings. The Morgan fingerprint density at radius 3 is 2.79 bits per heavy atom. The summed E-state index contributed by atoms with van der Waals surface area (Å²) < 4.78 is 7.04. The molecule has 148 valence electrons. The standard InChI is InChI=1S/C19H15ClN4O4S/c20-12-3-1-4-13(9-12)24-15(16-5-2-8-28-16)10-14(22-24)18(26)21-6-7-23-17(25)11-29-19(23)27/h1-5,8-10H,6-7,11H2,(H,21,26). The molecule has 10 heteroatoms. The summed E-state index contributed by atoms with van der Waals surface area (Å²) in [5.41, 5.74) is 1.43. The largest absolute Gasteiger partial charge is 0.463 e. The quantitative estimate of drug-likeness (QED) is 0.644. The van der Waals surface area contributed by atoms with E-state index in [0.717, 1.165) is 16.7 Å². The first-order valence-electron chi connectivity index (χ1n) is 8.68. The van der Waals surface area contributed by atoms with Crippen molar-refractivity contribution in [3.8, 4) is 17.1 Å². The zero-order valence-corrected chi connectivity index (χ0v) is 16.6. The number of rotatable bonds is 6. The molecule has 1 aliphatic rings. The lowest BCUT2D eigenvalue weighted by Crippen LogP contribution is -2.37. The van der Waals surface area contributed by atoms with Crippen LogP contribution in [0.5, 0.6) is 0 Å². The van der Waals surface area contributed by atoms with Crippen LogP contribution in [-0.2, 0) is 4.79 Å². The maximum Gasteiger partial charge on any atom is 0.288 e. The minimum absolute atomic E-state index is 0.121. The molecule has 1 aliphatic heterocycles. The molecule has 4 rings (SSSR count). The van der Waals surface area contributed by atoms with E-state index < -0.39 is 5.91 Å². The molecule has 8 nitrogen and oxygen atoms in total. The molecule has 29 heavy (non-hydrogen) atoms. The highest BCUT2D eigenvalue weighted by atomic mass is 35.5. The third-order valence-electron chi connectivity index (χ3n) is 4.23. The van der Waals surface area contributed by atoms with Crippen LogP contribution in [0.4, 0.5) is 4.79 Å². The summed E-state index contributed by atoms with van der Waals surface area (Å²) in [7, 11) is 0.